The molecule has 0 saturated carbocycles. The van der Waals surface area contributed by atoms with Crippen LogP contribution in [0.15, 0.2) is 18.2 Å². The van der Waals surface area contributed by atoms with E-state index < -0.39 is 11.8 Å². The van der Waals surface area contributed by atoms with Crippen molar-refractivity contribution >= 4 is 5.97 Å². The number of rotatable bonds is 3. The molecular formula is C10H11FO3. The zero-order valence-electron chi connectivity index (χ0n) is 8.04. The van der Waals surface area contributed by atoms with Gasteiger partial charge in [-0.05, 0) is 12.1 Å². The lowest BCUT2D eigenvalue weighted by Gasteiger charge is -2.08. The van der Waals surface area contributed by atoms with Gasteiger partial charge in [0.25, 0.3) is 0 Å². The van der Waals surface area contributed by atoms with Gasteiger partial charge in [0, 0.05) is 6.42 Å². The van der Waals surface area contributed by atoms with Crippen LogP contribution in [0.4, 0.5) is 4.39 Å². The average Bonchev–Trinajstić information content (AvgIpc) is 2.20. The van der Waals surface area contributed by atoms with Crippen molar-refractivity contribution in [2.45, 2.75) is 13.3 Å². The van der Waals surface area contributed by atoms with Crippen molar-refractivity contribution in [1.29, 1.82) is 0 Å². The van der Waals surface area contributed by atoms with Crippen LogP contribution < -0.4 is 9.47 Å². The van der Waals surface area contributed by atoms with E-state index in [0.717, 1.165) is 0 Å². The van der Waals surface area contributed by atoms with Crippen LogP contribution in [0, 0.1) is 5.82 Å². The monoisotopic (exact) mass is 198 g/mol. The maximum Gasteiger partial charge on any atom is 0.311 e. The molecule has 0 aliphatic carbocycles. The van der Waals surface area contributed by atoms with Crippen LogP contribution >= 0.6 is 0 Å². The summed E-state index contributed by atoms with van der Waals surface area (Å²) >= 11 is 0. The first-order chi connectivity index (χ1) is 6.69. The summed E-state index contributed by atoms with van der Waals surface area (Å²) in [6.45, 7) is 1.63. The molecular weight excluding hydrogens is 187 g/mol. The Balaban J connectivity index is 2.98. The van der Waals surface area contributed by atoms with E-state index in [0.29, 0.717) is 0 Å². The summed E-state index contributed by atoms with van der Waals surface area (Å²) in [5.41, 5.74) is 0. The van der Waals surface area contributed by atoms with Gasteiger partial charge in [0.05, 0.1) is 7.11 Å². The quantitative estimate of drug-likeness (QED) is 0.551. The highest BCUT2D eigenvalue weighted by atomic mass is 19.1. The van der Waals surface area contributed by atoms with Crippen LogP contribution in [-0.2, 0) is 4.79 Å². The van der Waals surface area contributed by atoms with Gasteiger partial charge in [0.1, 0.15) is 0 Å². The molecule has 76 valence electrons. The lowest BCUT2D eigenvalue weighted by Crippen LogP contribution is -2.08. The number of methoxy groups -OCH3 is 1. The standard InChI is InChI=1S/C10H11FO3/c1-3-9(12)14-10-7(11)5-4-6-8(10)13-2/h4-6H,3H2,1-2H3. The van der Waals surface area contributed by atoms with Gasteiger partial charge in [0.15, 0.2) is 11.6 Å². The maximum absolute atomic E-state index is 13.2. The molecule has 0 fully saturated rings. The molecule has 0 spiro atoms. The zero-order chi connectivity index (χ0) is 10.6. The fourth-order valence-electron chi connectivity index (χ4n) is 0.935. The smallest absolute Gasteiger partial charge is 0.311 e. The Morgan fingerprint density at radius 1 is 1.50 bits per heavy atom. The van der Waals surface area contributed by atoms with Gasteiger partial charge in [-0.1, -0.05) is 13.0 Å². The van der Waals surface area contributed by atoms with Gasteiger partial charge < -0.3 is 9.47 Å². The molecule has 0 radical (unpaired) electrons. The van der Waals surface area contributed by atoms with E-state index in [1.807, 2.05) is 0 Å². The summed E-state index contributed by atoms with van der Waals surface area (Å²) in [7, 11) is 1.39. The Kier molecular flexibility index (Phi) is 3.45. The van der Waals surface area contributed by atoms with Gasteiger partial charge in [-0.25, -0.2) is 4.39 Å². The number of hydrogen-bond acceptors (Lipinski definition) is 3. The number of esters is 1. The van der Waals surface area contributed by atoms with E-state index in [1.165, 1.54) is 25.3 Å². The lowest BCUT2D eigenvalue weighted by molar-refractivity contribution is -0.134. The number of carbonyl (C=O) groups is 1. The zero-order valence-corrected chi connectivity index (χ0v) is 8.04. The average molecular weight is 198 g/mol. The molecule has 0 atom stereocenters. The van der Waals surface area contributed by atoms with Crippen molar-refractivity contribution < 1.29 is 18.7 Å². The second-order valence-electron chi connectivity index (χ2n) is 2.60. The van der Waals surface area contributed by atoms with Crippen LogP contribution in [0.25, 0.3) is 0 Å². The predicted octanol–water partition coefficient (Wildman–Crippen LogP) is 2.15. The molecule has 3 nitrogen and oxygen atoms in total. The largest absolute Gasteiger partial charge is 0.493 e. The Morgan fingerprint density at radius 3 is 2.79 bits per heavy atom. The molecule has 0 amide bonds. The van der Waals surface area contributed by atoms with E-state index in [2.05, 4.69) is 0 Å². The van der Waals surface area contributed by atoms with E-state index in [1.54, 1.807) is 6.92 Å². The molecule has 1 aromatic rings. The van der Waals surface area contributed by atoms with E-state index in [9.17, 15) is 9.18 Å². The van der Waals surface area contributed by atoms with Crippen molar-refractivity contribution in [3.63, 3.8) is 0 Å². The van der Waals surface area contributed by atoms with Crippen molar-refractivity contribution in [2.75, 3.05) is 7.11 Å². The van der Waals surface area contributed by atoms with Gasteiger partial charge in [0.2, 0.25) is 5.75 Å². The molecule has 1 aromatic carbocycles. The molecule has 0 N–H and O–H groups in total. The fraction of sp³-hybridized carbons (Fsp3) is 0.300. The molecule has 0 heterocycles. The summed E-state index contributed by atoms with van der Waals surface area (Å²) in [5, 5.41) is 0. The van der Waals surface area contributed by atoms with Gasteiger partial charge in [-0.3, -0.25) is 4.79 Å². The minimum Gasteiger partial charge on any atom is -0.493 e. The second kappa shape index (κ2) is 4.60. The minimum atomic E-state index is -0.605. The molecule has 0 bridgehead atoms. The van der Waals surface area contributed by atoms with Crippen LogP contribution in [0.2, 0.25) is 0 Å². The van der Waals surface area contributed by atoms with E-state index in [-0.39, 0.29) is 17.9 Å². The van der Waals surface area contributed by atoms with Gasteiger partial charge >= 0.3 is 5.97 Å². The molecule has 0 aliphatic rings. The topological polar surface area (TPSA) is 35.5 Å². The Morgan fingerprint density at radius 2 is 2.21 bits per heavy atom. The highest BCUT2D eigenvalue weighted by Crippen LogP contribution is 2.29. The molecule has 0 saturated heterocycles. The fourth-order valence-corrected chi connectivity index (χ4v) is 0.935. The van der Waals surface area contributed by atoms with Crippen molar-refractivity contribution in [1.82, 2.24) is 0 Å². The Labute approximate surface area is 81.4 Å². The molecule has 0 unspecified atom stereocenters. The highest BCUT2D eigenvalue weighted by Gasteiger charge is 2.13. The van der Waals surface area contributed by atoms with Crippen molar-refractivity contribution in [3.05, 3.63) is 24.0 Å². The summed E-state index contributed by atoms with van der Waals surface area (Å²) in [6, 6.07) is 4.22. The van der Waals surface area contributed by atoms with Gasteiger partial charge in [-0.2, -0.15) is 0 Å². The first-order valence-electron chi connectivity index (χ1n) is 4.22. The number of hydrogen-bond donors (Lipinski definition) is 0. The first kappa shape index (κ1) is 10.5. The van der Waals surface area contributed by atoms with E-state index >= 15 is 0 Å². The molecule has 0 aromatic heterocycles. The third-order valence-corrected chi connectivity index (χ3v) is 1.66. The number of ether oxygens (including phenoxy) is 2. The highest BCUT2D eigenvalue weighted by molar-refractivity contribution is 5.72. The summed E-state index contributed by atoms with van der Waals surface area (Å²) in [4.78, 5) is 11.0. The number of halogens is 1. The normalized spacial score (nSPS) is 9.64. The SMILES string of the molecule is CCC(=O)Oc1c(F)cccc1OC. The minimum absolute atomic E-state index is 0.151. The van der Waals surface area contributed by atoms with Crippen molar-refractivity contribution in [2.24, 2.45) is 0 Å². The summed E-state index contributed by atoms with van der Waals surface area (Å²) < 4.78 is 22.8. The van der Waals surface area contributed by atoms with Gasteiger partial charge in [-0.15, -0.1) is 0 Å². The van der Waals surface area contributed by atoms with Crippen LogP contribution in [0.5, 0.6) is 11.5 Å². The third-order valence-electron chi connectivity index (χ3n) is 1.66. The lowest BCUT2D eigenvalue weighted by atomic mass is 10.3. The maximum atomic E-state index is 13.2. The molecule has 4 heteroatoms. The van der Waals surface area contributed by atoms with Crippen molar-refractivity contribution in [3.8, 4) is 11.5 Å². The molecule has 14 heavy (non-hydrogen) atoms. The Hall–Kier alpha value is -1.58. The first-order valence-corrected chi connectivity index (χ1v) is 4.22. The number of benzene rings is 1. The Bertz CT molecular complexity index is 336. The van der Waals surface area contributed by atoms with E-state index in [4.69, 9.17) is 9.47 Å². The van der Waals surface area contributed by atoms with Crippen LogP contribution in [-0.4, -0.2) is 13.1 Å². The molecule has 0 aliphatic heterocycles. The predicted molar refractivity (Wildman–Crippen MR) is 48.9 cm³/mol. The third kappa shape index (κ3) is 2.22. The van der Waals surface area contributed by atoms with Crippen LogP contribution in [0.1, 0.15) is 13.3 Å². The number of para-hydroxylation sites is 1. The number of carbonyl (C=O) groups excluding carboxylic acids is 1. The second-order valence-corrected chi connectivity index (χ2v) is 2.60. The summed E-state index contributed by atoms with van der Waals surface area (Å²) in [5.74, 6) is -1.03. The summed E-state index contributed by atoms with van der Waals surface area (Å²) in [6.07, 6.45) is 0.192. The van der Waals surface area contributed by atoms with Crippen LogP contribution in [0.3, 0.4) is 0 Å². The molecule has 1 rings (SSSR count).